The van der Waals surface area contributed by atoms with E-state index in [1.807, 2.05) is 0 Å². The summed E-state index contributed by atoms with van der Waals surface area (Å²) in [5.41, 5.74) is 22.2. The van der Waals surface area contributed by atoms with Crippen molar-refractivity contribution in [1.82, 2.24) is 9.13 Å². The van der Waals surface area contributed by atoms with Crippen LogP contribution in [-0.4, -0.2) is 9.13 Å². The van der Waals surface area contributed by atoms with Crippen LogP contribution in [0.4, 0.5) is 17.1 Å². The molecule has 12 aromatic carbocycles. The average molecular weight is 956 g/mol. The van der Waals surface area contributed by atoms with E-state index in [1.54, 1.807) is 0 Å². The second-order valence-corrected chi connectivity index (χ2v) is 19.2. The lowest BCUT2D eigenvalue weighted by Crippen LogP contribution is -2.11. The quantitative estimate of drug-likeness (QED) is 0.133. The first-order valence-corrected chi connectivity index (χ1v) is 25.8. The Kier molecular flexibility index (Phi) is 10.8. The van der Waals surface area contributed by atoms with Crippen LogP contribution in [0.5, 0.6) is 0 Å². The average Bonchev–Trinajstić information content (AvgIpc) is 4.01. The molecule has 14 rings (SSSR count). The third kappa shape index (κ3) is 7.69. The molecule has 352 valence electrons. The van der Waals surface area contributed by atoms with Gasteiger partial charge in [-0.3, -0.25) is 0 Å². The van der Waals surface area contributed by atoms with Gasteiger partial charge < -0.3 is 14.0 Å². The molecule has 0 spiro atoms. The molecule has 0 amide bonds. The van der Waals surface area contributed by atoms with Gasteiger partial charge in [0.2, 0.25) is 0 Å². The summed E-state index contributed by atoms with van der Waals surface area (Å²) in [6.07, 6.45) is 0. The molecule has 3 nitrogen and oxygen atoms in total. The van der Waals surface area contributed by atoms with Gasteiger partial charge in [0.1, 0.15) is 0 Å². The Hall–Kier alpha value is -9.96. The minimum absolute atomic E-state index is 1.08. The van der Waals surface area contributed by atoms with Crippen molar-refractivity contribution in [3.8, 4) is 67.0 Å². The summed E-state index contributed by atoms with van der Waals surface area (Å²) in [7, 11) is 0. The van der Waals surface area contributed by atoms with Crippen LogP contribution < -0.4 is 4.90 Å². The number of nitrogens with zero attached hydrogens (tertiary/aromatic N) is 3. The summed E-state index contributed by atoms with van der Waals surface area (Å²) in [6, 6.07) is 108. The molecule has 0 aliphatic heterocycles. The van der Waals surface area contributed by atoms with Gasteiger partial charge in [-0.15, -0.1) is 0 Å². The van der Waals surface area contributed by atoms with E-state index in [4.69, 9.17) is 0 Å². The fourth-order valence-corrected chi connectivity index (χ4v) is 11.4. The van der Waals surface area contributed by atoms with Crippen LogP contribution in [0.3, 0.4) is 0 Å². The highest BCUT2D eigenvalue weighted by Crippen LogP contribution is 2.43. The van der Waals surface area contributed by atoms with Crippen molar-refractivity contribution in [2.75, 3.05) is 4.90 Å². The van der Waals surface area contributed by atoms with Crippen molar-refractivity contribution in [2.24, 2.45) is 0 Å². The van der Waals surface area contributed by atoms with Crippen molar-refractivity contribution >= 4 is 60.7 Å². The Morgan fingerprint density at radius 2 is 0.480 bits per heavy atom. The van der Waals surface area contributed by atoms with Gasteiger partial charge in [0, 0.05) is 49.6 Å². The lowest BCUT2D eigenvalue weighted by atomic mass is 9.98. The zero-order valence-corrected chi connectivity index (χ0v) is 41.1. The third-order valence-corrected chi connectivity index (χ3v) is 15.0. The topological polar surface area (TPSA) is 13.1 Å². The number of hydrogen-bond donors (Lipinski definition) is 0. The predicted octanol–water partition coefficient (Wildman–Crippen LogP) is 19.7. The number of hydrogen-bond acceptors (Lipinski definition) is 1. The van der Waals surface area contributed by atoms with Crippen LogP contribution in [0.2, 0.25) is 0 Å². The molecule has 0 aliphatic carbocycles. The maximum atomic E-state index is 2.41. The van der Waals surface area contributed by atoms with E-state index >= 15 is 0 Å². The molecule has 0 bridgehead atoms. The molecule has 0 fully saturated rings. The SMILES string of the molecule is c1ccc(-c2ccccc2N(c2ccc(-c3ccc(-c4ccccc4-n4c5ccccc5c5ccccc54)cc3)cc2)c2ccc(-c3ccc(-c4ccccc4-n4c5ccccc5c5ccccc54)cc3)cc2)cc1. The second-order valence-electron chi connectivity index (χ2n) is 19.2. The highest BCUT2D eigenvalue weighted by atomic mass is 15.1. The van der Waals surface area contributed by atoms with Crippen molar-refractivity contribution in [3.63, 3.8) is 0 Å². The van der Waals surface area contributed by atoms with E-state index in [0.717, 1.165) is 28.2 Å². The summed E-state index contributed by atoms with van der Waals surface area (Å²) >= 11 is 0. The molecule has 0 aliphatic rings. The van der Waals surface area contributed by atoms with Crippen LogP contribution in [-0.2, 0) is 0 Å². The highest BCUT2D eigenvalue weighted by molar-refractivity contribution is 6.11. The molecule has 14 aromatic rings. The number of benzene rings is 12. The molecule has 0 N–H and O–H groups in total. The van der Waals surface area contributed by atoms with Crippen molar-refractivity contribution in [2.45, 2.75) is 0 Å². The third-order valence-electron chi connectivity index (χ3n) is 15.0. The first-order valence-electron chi connectivity index (χ1n) is 25.8. The van der Waals surface area contributed by atoms with Crippen LogP contribution in [0.1, 0.15) is 0 Å². The largest absolute Gasteiger partial charge is 0.310 e. The molecular formula is C72H49N3. The van der Waals surface area contributed by atoms with Gasteiger partial charge in [-0.25, -0.2) is 0 Å². The maximum absolute atomic E-state index is 2.41. The van der Waals surface area contributed by atoms with Crippen LogP contribution in [0, 0.1) is 0 Å². The summed E-state index contributed by atoms with van der Waals surface area (Å²) in [5, 5.41) is 5.05. The van der Waals surface area contributed by atoms with Crippen LogP contribution >= 0.6 is 0 Å². The van der Waals surface area contributed by atoms with Gasteiger partial charge in [0.05, 0.1) is 39.1 Å². The van der Waals surface area contributed by atoms with Gasteiger partial charge >= 0.3 is 0 Å². The van der Waals surface area contributed by atoms with E-state index < -0.39 is 0 Å². The van der Waals surface area contributed by atoms with Crippen LogP contribution in [0.25, 0.3) is 111 Å². The molecule has 2 aromatic heterocycles. The van der Waals surface area contributed by atoms with Gasteiger partial charge in [0.15, 0.2) is 0 Å². The zero-order chi connectivity index (χ0) is 49.7. The monoisotopic (exact) mass is 955 g/mol. The summed E-state index contributed by atoms with van der Waals surface area (Å²) in [5.74, 6) is 0. The summed E-state index contributed by atoms with van der Waals surface area (Å²) in [6.45, 7) is 0. The number of anilines is 3. The van der Waals surface area contributed by atoms with Crippen LogP contribution in [0.15, 0.2) is 297 Å². The lowest BCUT2D eigenvalue weighted by Gasteiger charge is -2.28. The molecular weight excluding hydrogens is 907 g/mol. The molecule has 3 heteroatoms. The van der Waals surface area contributed by atoms with Crippen molar-refractivity contribution in [3.05, 3.63) is 297 Å². The van der Waals surface area contributed by atoms with Gasteiger partial charge in [-0.05, 0) is 106 Å². The minimum atomic E-state index is 1.08. The molecule has 75 heavy (non-hydrogen) atoms. The lowest BCUT2D eigenvalue weighted by molar-refractivity contribution is 1.18. The fourth-order valence-electron chi connectivity index (χ4n) is 11.4. The van der Waals surface area contributed by atoms with E-state index in [0.29, 0.717) is 0 Å². The standard InChI is InChI=1S/C72H49N3/c1-2-18-54(19-3-1)59-20-4-11-27-66(59)73(57-46-42-52(43-47-57)50-34-38-55(39-35-50)60-21-5-12-28-67(60)74-69-30-14-7-23-62(69)63-24-8-15-31-70(63)74)58-48-44-53(45-49-58)51-36-40-56(41-37-51)61-22-6-13-29-68(61)75-71-32-16-9-25-64(71)65-26-10-17-33-72(65)75/h1-49H. The number of aromatic nitrogens is 2. The molecule has 0 saturated carbocycles. The summed E-state index contributed by atoms with van der Waals surface area (Å²) in [4.78, 5) is 2.39. The van der Waals surface area contributed by atoms with Gasteiger partial charge in [-0.2, -0.15) is 0 Å². The Morgan fingerprint density at radius 3 is 0.880 bits per heavy atom. The summed E-state index contributed by atoms with van der Waals surface area (Å²) < 4.78 is 4.82. The normalized spacial score (nSPS) is 11.5. The van der Waals surface area contributed by atoms with Crippen molar-refractivity contribution < 1.29 is 0 Å². The molecule has 0 radical (unpaired) electrons. The molecule has 2 heterocycles. The molecule has 0 atom stereocenters. The Morgan fingerprint density at radius 1 is 0.200 bits per heavy atom. The second kappa shape index (κ2) is 18.6. The van der Waals surface area contributed by atoms with E-state index in [9.17, 15) is 0 Å². The molecule has 0 unspecified atom stereocenters. The number of rotatable bonds is 10. The minimum Gasteiger partial charge on any atom is -0.310 e. The maximum Gasteiger partial charge on any atom is 0.0541 e. The number of para-hydroxylation sites is 7. The highest BCUT2D eigenvalue weighted by Gasteiger charge is 2.20. The fraction of sp³-hybridized carbons (Fsp3) is 0. The van der Waals surface area contributed by atoms with Gasteiger partial charge in [0.25, 0.3) is 0 Å². The van der Waals surface area contributed by atoms with E-state index in [-0.39, 0.29) is 0 Å². The zero-order valence-electron chi connectivity index (χ0n) is 41.1. The van der Waals surface area contributed by atoms with Crippen molar-refractivity contribution in [1.29, 1.82) is 0 Å². The first kappa shape index (κ1) is 43.8. The Bertz CT molecular complexity index is 4020. The van der Waals surface area contributed by atoms with Gasteiger partial charge in [-0.1, -0.05) is 231 Å². The number of fused-ring (bicyclic) bond motifs is 6. The molecule has 0 saturated heterocycles. The van der Waals surface area contributed by atoms with E-state index in [2.05, 4.69) is 311 Å². The predicted molar refractivity (Wildman–Crippen MR) is 317 cm³/mol. The Balaban J connectivity index is 0.783. The van der Waals surface area contributed by atoms with E-state index in [1.165, 1.54) is 99.5 Å². The smallest absolute Gasteiger partial charge is 0.0541 e. The first-order chi connectivity index (χ1) is 37.2. The Labute approximate surface area is 436 Å².